The molecule has 3 atom stereocenters. The van der Waals surface area contributed by atoms with Crippen molar-refractivity contribution in [3.05, 3.63) is 23.3 Å². The van der Waals surface area contributed by atoms with Crippen molar-refractivity contribution in [1.29, 1.82) is 0 Å². The van der Waals surface area contributed by atoms with Gasteiger partial charge in [-0.3, -0.25) is 4.79 Å². The lowest BCUT2D eigenvalue weighted by atomic mass is 10.1. The first-order valence-electron chi connectivity index (χ1n) is 7.24. The molecule has 0 aromatic heterocycles. The van der Waals surface area contributed by atoms with E-state index in [1.807, 2.05) is 19.9 Å². The average Bonchev–Trinajstić information content (AvgIpc) is 2.86. The molecule has 1 rings (SSSR count). The van der Waals surface area contributed by atoms with E-state index in [1.54, 1.807) is 0 Å². The quantitative estimate of drug-likeness (QED) is 0.428. The molecule has 0 aliphatic heterocycles. The topological polar surface area (TPSA) is 26.3 Å². The third-order valence-electron chi connectivity index (χ3n) is 4.00. The van der Waals surface area contributed by atoms with Crippen molar-refractivity contribution in [1.82, 2.24) is 0 Å². The molecule has 1 aliphatic carbocycles. The highest BCUT2D eigenvalue weighted by atomic mass is 16.5. The summed E-state index contributed by atoms with van der Waals surface area (Å²) in [6.07, 6.45) is 9.99. The predicted octanol–water partition coefficient (Wildman–Crippen LogP) is 4.13. The Morgan fingerprint density at radius 3 is 2.45 bits per heavy atom. The molecule has 0 heterocycles. The molecule has 1 fully saturated rings. The largest absolute Gasteiger partial charge is 0.444 e. The molecule has 110 valence electrons. The van der Waals surface area contributed by atoms with Crippen LogP contribution in [0.1, 0.15) is 48.0 Å². The zero-order valence-corrected chi connectivity index (χ0v) is 13.5. The SMILES string of the molecule is C#C[C@@H](OC(=O)C1C(C=C(C)C)C1(C)C)C(C)=CCC. The van der Waals surface area contributed by atoms with Crippen LogP contribution in [0, 0.1) is 29.6 Å². The van der Waals surface area contributed by atoms with E-state index < -0.39 is 6.10 Å². The fourth-order valence-electron chi connectivity index (χ4n) is 2.67. The molecule has 0 aromatic rings. The molecule has 0 amide bonds. The maximum Gasteiger partial charge on any atom is 0.311 e. The summed E-state index contributed by atoms with van der Waals surface area (Å²) in [4.78, 5) is 12.3. The second-order valence-corrected chi connectivity index (χ2v) is 6.41. The molecular formula is C18H26O2. The summed E-state index contributed by atoms with van der Waals surface area (Å²) >= 11 is 0. The maximum atomic E-state index is 12.3. The Labute approximate surface area is 123 Å². The van der Waals surface area contributed by atoms with Crippen molar-refractivity contribution < 1.29 is 9.53 Å². The van der Waals surface area contributed by atoms with E-state index in [2.05, 4.69) is 39.7 Å². The Kier molecular flexibility index (Phi) is 5.22. The highest BCUT2D eigenvalue weighted by Crippen LogP contribution is 2.59. The van der Waals surface area contributed by atoms with E-state index in [0.717, 1.165) is 12.0 Å². The predicted molar refractivity (Wildman–Crippen MR) is 83.0 cm³/mol. The minimum absolute atomic E-state index is 0.0319. The van der Waals surface area contributed by atoms with Crippen LogP contribution < -0.4 is 0 Å². The van der Waals surface area contributed by atoms with Crippen LogP contribution in [0.5, 0.6) is 0 Å². The number of allylic oxidation sites excluding steroid dienone is 3. The molecule has 0 spiro atoms. The number of hydrogen-bond donors (Lipinski definition) is 0. The summed E-state index contributed by atoms with van der Waals surface area (Å²) in [5, 5.41) is 0. The number of rotatable bonds is 5. The van der Waals surface area contributed by atoms with Gasteiger partial charge in [0.1, 0.15) is 0 Å². The van der Waals surface area contributed by atoms with Gasteiger partial charge in [-0.2, -0.15) is 0 Å². The van der Waals surface area contributed by atoms with Gasteiger partial charge in [-0.15, -0.1) is 6.42 Å². The zero-order chi connectivity index (χ0) is 15.5. The number of terminal acetylenes is 1. The van der Waals surface area contributed by atoms with Crippen molar-refractivity contribution in [2.45, 2.75) is 54.1 Å². The van der Waals surface area contributed by atoms with Crippen LogP contribution in [0.15, 0.2) is 23.3 Å². The van der Waals surface area contributed by atoms with Crippen LogP contribution >= 0.6 is 0 Å². The van der Waals surface area contributed by atoms with Crippen LogP contribution in [0.3, 0.4) is 0 Å². The number of ether oxygens (including phenoxy) is 1. The van der Waals surface area contributed by atoms with Gasteiger partial charge in [-0.05, 0) is 44.1 Å². The molecule has 20 heavy (non-hydrogen) atoms. The highest BCUT2D eigenvalue weighted by molar-refractivity contribution is 5.79. The van der Waals surface area contributed by atoms with Gasteiger partial charge < -0.3 is 4.74 Å². The Balaban J connectivity index is 2.76. The summed E-state index contributed by atoms with van der Waals surface area (Å²) < 4.78 is 5.51. The Bertz CT molecular complexity index is 470. The molecule has 1 saturated carbocycles. The molecule has 2 unspecified atom stereocenters. The molecule has 0 N–H and O–H groups in total. The number of carbonyl (C=O) groups excluding carboxylic acids is 1. The lowest BCUT2D eigenvalue weighted by molar-refractivity contribution is -0.147. The van der Waals surface area contributed by atoms with Gasteiger partial charge in [-0.25, -0.2) is 0 Å². The Morgan fingerprint density at radius 1 is 1.40 bits per heavy atom. The summed E-state index contributed by atoms with van der Waals surface area (Å²) in [5.41, 5.74) is 2.13. The van der Waals surface area contributed by atoms with Crippen LogP contribution in [-0.4, -0.2) is 12.1 Å². The van der Waals surface area contributed by atoms with Crippen LogP contribution in [-0.2, 0) is 9.53 Å². The minimum atomic E-state index is -0.536. The normalized spacial score (nSPS) is 25.4. The van der Waals surface area contributed by atoms with Crippen molar-refractivity contribution >= 4 is 5.97 Å². The average molecular weight is 274 g/mol. The standard InChI is InChI=1S/C18H26O2/c1-8-10-13(5)15(9-2)20-17(19)16-14(11-12(3)4)18(16,6)7/h2,10-11,14-16H,8H2,1,3-7H3/t14?,15-,16?/m1/s1. The van der Waals surface area contributed by atoms with Gasteiger partial charge >= 0.3 is 5.97 Å². The smallest absolute Gasteiger partial charge is 0.311 e. The number of hydrogen-bond acceptors (Lipinski definition) is 2. The molecule has 2 nitrogen and oxygen atoms in total. The Hall–Kier alpha value is -1.49. The summed E-state index contributed by atoms with van der Waals surface area (Å²) in [6, 6.07) is 0. The monoisotopic (exact) mass is 274 g/mol. The summed E-state index contributed by atoms with van der Waals surface area (Å²) in [6.45, 7) is 12.2. The van der Waals surface area contributed by atoms with E-state index in [0.29, 0.717) is 0 Å². The zero-order valence-electron chi connectivity index (χ0n) is 13.5. The first kappa shape index (κ1) is 16.6. The summed E-state index contributed by atoms with van der Waals surface area (Å²) in [7, 11) is 0. The third-order valence-corrected chi connectivity index (χ3v) is 4.00. The summed E-state index contributed by atoms with van der Waals surface area (Å²) in [5.74, 6) is 2.56. The molecular weight excluding hydrogens is 248 g/mol. The van der Waals surface area contributed by atoms with E-state index >= 15 is 0 Å². The third kappa shape index (κ3) is 3.54. The lowest BCUT2D eigenvalue weighted by Crippen LogP contribution is -2.20. The van der Waals surface area contributed by atoms with Gasteiger partial charge in [0.15, 0.2) is 6.10 Å². The Morgan fingerprint density at radius 2 is 2.00 bits per heavy atom. The van der Waals surface area contributed by atoms with E-state index in [1.165, 1.54) is 5.57 Å². The molecule has 0 aromatic carbocycles. The van der Waals surface area contributed by atoms with Crippen molar-refractivity contribution in [2.75, 3.05) is 0 Å². The lowest BCUT2D eigenvalue weighted by Gasteiger charge is -2.13. The molecule has 0 saturated heterocycles. The van der Waals surface area contributed by atoms with E-state index in [4.69, 9.17) is 11.2 Å². The minimum Gasteiger partial charge on any atom is -0.444 e. The van der Waals surface area contributed by atoms with Crippen LogP contribution in [0.2, 0.25) is 0 Å². The van der Waals surface area contributed by atoms with Crippen molar-refractivity contribution in [3.8, 4) is 12.3 Å². The molecule has 2 heteroatoms. The van der Waals surface area contributed by atoms with Gasteiger partial charge in [-0.1, -0.05) is 44.4 Å². The van der Waals surface area contributed by atoms with Crippen LogP contribution in [0.4, 0.5) is 0 Å². The van der Waals surface area contributed by atoms with Crippen LogP contribution in [0.25, 0.3) is 0 Å². The fourth-order valence-corrected chi connectivity index (χ4v) is 2.67. The first-order valence-corrected chi connectivity index (χ1v) is 7.24. The number of esters is 1. The first-order chi connectivity index (χ1) is 9.25. The second-order valence-electron chi connectivity index (χ2n) is 6.41. The fraction of sp³-hybridized carbons (Fsp3) is 0.611. The molecule has 1 aliphatic rings. The van der Waals surface area contributed by atoms with Crippen molar-refractivity contribution in [3.63, 3.8) is 0 Å². The highest BCUT2D eigenvalue weighted by Gasteiger charge is 2.61. The second kappa shape index (κ2) is 6.31. The number of carbonyl (C=O) groups is 1. The van der Waals surface area contributed by atoms with E-state index in [9.17, 15) is 4.79 Å². The van der Waals surface area contributed by atoms with Gasteiger partial charge in [0.2, 0.25) is 0 Å². The molecule has 0 bridgehead atoms. The van der Waals surface area contributed by atoms with Gasteiger partial charge in [0.25, 0.3) is 0 Å². The van der Waals surface area contributed by atoms with Crippen molar-refractivity contribution in [2.24, 2.45) is 17.3 Å². The maximum absolute atomic E-state index is 12.3. The van der Waals surface area contributed by atoms with Gasteiger partial charge in [0.05, 0.1) is 5.92 Å². The van der Waals surface area contributed by atoms with E-state index in [-0.39, 0.29) is 23.2 Å². The van der Waals surface area contributed by atoms with Gasteiger partial charge in [0, 0.05) is 0 Å². The molecule has 0 radical (unpaired) electrons.